The molecule has 3 rings (SSSR count). The van der Waals surface area contributed by atoms with E-state index in [4.69, 9.17) is 11.6 Å². The Morgan fingerprint density at radius 1 is 1.12 bits per heavy atom. The number of anilines is 1. The van der Waals surface area contributed by atoms with E-state index in [1.165, 1.54) is 18.2 Å². The van der Waals surface area contributed by atoms with Crippen LogP contribution in [0.25, 0.3) is 0 Å². The zero-order valence-electron chi connectivity index (χ0n) is 17.3. The Morgan fingerprint density at radius 3 is 2.38 bits per heavy atom. The molecule has 1 saturated heterocycles. The molecular formula is C21H22ClF3N4O3. The molecule has 2 aromatic rings. The van der Waals surface area contributed by atoms with Crippen molar-refractivity contribution in [1.82, 2.24) is 9.80 Å². The number of amides is 1. The van der Waals surface area contributed by atoms with Crippen molar-refractivity contribution in [2.24, 2.45) is 0 Å². The summed E-state index contributed by atoms with van der Waals surface area (Å²) in [6.45, 7) is 6.07. The van der Waals surface area contributed by atoms with Crippen LogP contribution in [0.5, 0.6) is 0 Å². The average Bonchev–Trinajstić information content (AvgIpc) is 2.74. The summed E-state index contributed by atoms with van der Waals surface area (Å²) in [5.74, 6) is -0.799. The quantitative estimate of drug-likeness (QED) is 0.491. The molecule has 1 amide bonds. The number of carbonyl (C=O) groups excluding carboxylic acids is 1. The van der Waals surface area contributed by atoms with E-state index < -0.39 is 28.3 Å². The topological polar surface area (TPSA) is 78.7 Å². The van der Waals surface area contributed by atoms with Gasteiger partial charge in [-0.05, 0) is 30.3 Å². The molecule has 0 atom stereocenters. The minimum absolute atomic E-state index is 0.0288. The second kappa shape index (κ2) is 9.85. The molecule has 1 aliphatic heterocycles. The van der Waals surface area contributed by atoms with Gasteiger partial charge in [-0.15, -0.1) is 0 Å². The lowest BCUT2D eigenvalue weighted by molar-refractivity contribution is -0.384. The van der Waals surface area contributed by atoms with Crippen LogP contribution < -0.4 is 5.32 Å². The van der Waals surface area contributed by atoms with E-state index in [-0.39, 0.29) is 28.4 Å². The van der Waals surface area contributed by atoms with E-state index >= 15 is 0 Å². The van der Waals surface area contributed by atoms with Crippen molar-refractivity contribution in [1.29, 1.82) is 0 Å². The molecule has 32 heavy (non-hydrogen) atoms. The Labute approximate surface area is 187 Å². The van der Waals surface area contributed by atoms with Crippen molar-refractivity contribution in [3.8, 4) is 0 Å². The smallest absolute Gasteiger partial charge is 0.322 e. The van der Waals surface area contributed by atoms with Crippen molar-refractivity contribution >= 4 is 28.9 Å². The Hall–Kier alpha value is -2.69. The highest BCUT2D eigenvalue weighted by molar-refractivity contribution is 6.31. The fraction of sp³-hybridized carbons (Fsp3) is 0.381. The summed E-state index contributed by atoms with van der Waals surface area (Å²) in [5, 5.41) is 13.3. The van der Waals surface area contributed by atoms with Crippen LogP contribution in [0.15, 0.2) is 36.4 Å². The van der Waals surface area contributed by atoms with E-state index in [0.29, 0.717) is 13.1 Å². The first-order valence-corrected chi connectivity index (χ1v) is 10.4. The van der Waals surface area contributed by atoms with E-state index in [9.17, 15) is 28.1 Å². The predicted octanol–water partition coefficient (Wildman–Crippen LogP) is 4.66. The van der Waals surface area contributed by atoms with Gasteiger partial charge in [0.1, 0.15) is 0 Å². The fourth-order valence-corrected chi connectivity index (χ4v) is 3.80. The molecule has 172 valence electrons. The van der Waals surface area contributed by atoms with Crippen molar-refractivity contribution in [3.05, 3.63) is 68.2 Å². The molecule has 2 aromatic carbocycles. The molecule has 1 N–H and O–H groups in total. The molecule has 0 bridgehead atoms. The minimum atomic E-state index is -4.60. The highest BCUT2D eigenvalue weighted by Crippen LogP contribution is 2.35. The maximum atomic E-state index is 13.7. The van der Waals surface area contributed by atoms with Gasteiger partial charge >= 0.3 is 6.18 Å². The summed E-state index contributed by atoms with van der Waals surface area (Å²) >= 11 is 5.82. The SMILES string of the molecule is CCN1CCN(Cc2ccc(NC(=O)c3cc(Cl)cc([N+](=O)[O-])c3)cc2C(F)(F)F)CC1. The number of likely N-dealkylation sites (N-methyl/N-ethyl adjacent to an activating group) is 1. The lowest BCUT2D eigenvalue weighted by Crippen LogP contribution is -2.45. The molecule has 1 fully saturated rings. The number of benzene rings is 2. The van der Waals surface area contributed by atoms with Crippen LogP contribution in [0, 0.1) is 10.1 Å². The van der Waals surface area contributed by atoms with Gasteiger partial charge in [-0.1, -0.05) is 24.6 Å². The van der Waals surface area contributed by atoms with E-state index in [1.54, 1.807) is 0 Å². The molecule has 0 spiro atoms. The fourth-order valence-electron chi connectivity index (χ4n) is 3.57. The summed E-state index contributed by atoms with van der Waals surface area (Å²) in [4.78, 5) is 26.9. The summed E-state index contributed by atoms with van der Waals surface area (Å²) < 4.78 is 41.2. The molecule has 1 aliphatic rings. The van der Waals surface area contributed by atoms with E-state index in [0.717, 1.165) is 37.8 Å². The Balaban J connectivity index is 1.80. The lowest BCUT2D eigenvalue weighted by Gasteiger charge is -2.34. The van der Waals surface area contributed by atoms with Gasteiger partial charge in [-0.25, -0.2) is 0 Å². The number of piperazine rings is 1. The number of hydrogen-bond donors (Lipinski definition) is 1. The number of rotatable bonds is 6. The summed E-state index contributed by atoms with van der Waals surface area (Å²) in [5.41, 5.74) is -1.29. The van der Waals surface area contributed by atoms with Crippen LogP contribution >= 0.6 is 11.6 Å². The molecule has 7 nitrogen and oxygen atoms in total. The summed E-state index contributed by atoms with van der Waals surface area (Å²) in [7, 11) is 0. The van der Waals surface area contributed by atoms with E-state index in [2.05, 4.69) is 10.2 Å². The Bertz CT molecular complexity index is 1010. The van der Waals surface area contributed by atoms with Gasteiger partial charge in [0, 0.05) is 61.1 Å². The van der Waals surface area contributed by atoms with Gasteiger partial charge < -0.3 is 10.2 Å². The standard InChI is InChI=1S/C21H22ClF3N4O3/c1-2-27-5-7-28(8-6-27)13-14-3-4-17(12-19(14)21(23,24)25)26-20(30)15-9-16(22)11-18(10-15)29(31)32/h3-4,9-12H,2,5-8,13H2,1H3,(H,26,30). The third kappa shape index (κ3) is 5.96. The van der Waals surface area contributed by atoms with Crippen LogP contribution in [0.4, 0.5) is 24.5 Å². The predicted molar refractivity (Wildman–Crippen MR) is 115 cm³/mol. The van der Waals surface area contributed by atoms with Gasteiger partial charge in [0.2, 0.25) is 0 Å². The first-order valence-electron chi connectivity index (χ1n) is 9.98. The second-order valence-corrected chi connectivity index (χ2v) is 7.93. The third-order valence-electron chi connectivity index (χ3n) is 5.33. The number of nitrogens with one attached hydrogen (secondary N) is 1. The molecule has 0 unspecified atom stereocenters. The van der Waals surface area contributed by atoms with Crippen LogP contribution in [0.2, 0.25) is 5.02 Å². The normalized spacial score (nSPS) is 15.5. The molecular weight excluding hydrogens is 449 g/mol. The van der Waals surface area contributed by atoms with Gasteiger partial charge in [-0.3, -0.25) is 19.8 Å². The van der Waals surface area contributed by atoms with Gasteiger partial charge in [0.05, 0.1) is 10.5 Å². The molecule has 0 aliphatic carbocycles. The molecule has 0 aromatic heterocycles. The number of halogens is 4. The molecule has 0 radical (unpaired) electrons. The van der Waals surface area contributed by atoms with Crippen LogP contribution in [0.3, 0.4) is 0 Å². The maximum absolute atomic E-state index is 13.7. The largest absolute Gasteiger partial charge is 0.416 e. The average molecular weight is 471 g/mol. The first kappa shape index (κ1) is 24.0. The molecule has 0 saturated carbocycles. The summed E-state index contributed by atoms with van der Waals surface area (Å²) in [6, 6.07) is 6.92. The van der Waals surface area contributed by atoms with Crippen LogP contribution in [-0.2, 0) is 12.7 Å². The van der Waals surface area contributed by atoms with Crippen molar-refractivity contribution in [2.75, 3.05) is 38.0 Å². The maximum Gasteiger partial charge on any atom is 0.416 e. The van der Waals surface area contributed by atoms with Gasteiger partial charge in [0.15, 0.2) is 0 Å². The first-order chi connectivity index (χ1) is 15.1. The number of hydrogen-bond acceptors (Lipinski definition) is 5. The monoisotopic (exact) mass is 470 g/mol. The van der Waals surface area contributed by atoms with Crippen LogP contribution in [0.1, 0.15) is 28.4 Å². The van der Waals surface area contributed by atoms with E-state index in [1.807, 2.05) is 11.8 Å². The number of carbonyl (C=O) groups is 1. The van der Waals surface area contributed by atoms with Crippen molar-refractivity contribution < 1.29 is 22.9 Å². The zero-order valence-corrected chi connectivity index (χ0v) is 18.0. The summed E-state index contributed by atoms with van der Waals surface area (Å²) in [6.07, 6.45) is -4.60. The highest BCUT2D eigenvalue weighted by Gasteiger charge is 2.34. The van der Waals surface area contributed by atoms with Gasteiger partial charge in [0.25, 0.3) is 11.6 Å². The number of nitro benzene ring substituents is 1. The minimum Gasteiger partial charge on any atom is -0.322 e. The number of alkyl halides is 3. The van der Waals surface area contributed by atoms with Gasteiger partial charge in [-0.2, -0.15) is 13.2 Å². The second-order valence-electron chi connectivity index (χ2n) is 7.49. The molecule has 11 heteroatoms. The number of non-ortho nitro benzene ring substituents is 1. The van der Waals surface area contributed by atoms with Crippen molar-refractivity contribution in [3.63, 3.8) is 0 Å². The number of nitro groups is 1. The highest BCUT2D eigenvalue weighted by atomic mass is 35.5. The Kier molecular flexibility index (Phi) is 7.37. The lowest BCUT2D eigenvalue weighted by atomic mass is 10.0. The number of nitrogens with zero attached hydrogens (tertiary/aromatic N) is 3. The molecule has 1 heterocycles. The van der Waals surface area contributed by atoms with Crippen molar-refractivity contribution in [2.45, 2.75) is 19.6 Å². The van der Waals surface area contributed by atoms with Crippen LogP contribution in [-0.4, -0.2) is 53.4 Å². The Morgan fingerprint density at radius 2 is 1.78 bits per heavy atom. The third-order valence-corrected chi connectivity index (χ3v) is 5.55. The zero-order chi connectivity index (χ0) is 23.5.